The summed E-state index contributed by atoms with van der Waals surface area (Å²) in [6.45, 7) is 3.29. The van der Waals surface area contributed by atoms with Crippen molar-refractivity contribution >= 4 is 11.8 Å². The number of hydrogen-bond donors (Lipinski definition) is 1. The van der Waals surface area contributed by atoms with Crippen LogP contribution in [0.25, 0.3) is 0 Å². The largest absolute Gasteiger partial charge is 0.388 e. The number of hydrogen-bond acceptors (Lipinski definition) is 3. The van der Waals surface area contributed by atoms with Gasteiger partial charge in [-0.3, -0.25) is 14.5 Å². The van der Waals surface area contributed by atoms with Crippen LogP contribution >= 0.6 is 0 Å². The van der Waals surface area contributed by atoms with Crippen LogP contribution in [0, 0.1) is 11.6 Å². The molecule has 0 bridgehead atoms. The molecule has 1 N–H and O–H groups in total. The summed E-state index contributed by atoms with van der Waals surface area (Å²) in [6, 6.07) is 1.45. The summed E-state index contributed by atoms with van der Waals surface area (Å²) in [4.78, 5) is 25.0. The zero-order valence-corrected chi connectivity index (χ0v) is 11.2. The standard InChI is InChI=1S/C14H15F2NO3/c1-3-14(20,4-2)7-17-12(18)8-5-10(15)11(16)6-9(8)13(17)19/h5-6,20H,3-4,7H2,1-2H3. The minimum absolute atomic E-state index is 0.163. The van der Waals surface area contributed by atoms with Crippen molar-refractivity contribution in [1.82, 2.24) is 4.90 Å². The molecule has 4 nitrogen and oxygen atoms in total. The Morgan fingerprint density at radius 3 is 1.80 bits per heavy atom. The van der Waals surface area contributed by atoms with E-state index in [1.54, 1.807) is 13.8 Å². The highest BCUT2D eigenvalue weighted by Gasteiger charge is 2.40. The molecule has 6 heteroatoms. The van der Waals surface area contributed by atoms with Crippen LogP contribution in [-0.2, 0) is 0 Å². The molecule has 1 aromatic carbocycles. The molecule has 0 atom stereocenters. The zero-order chi connectivity index (χ0) is 15.1. The van der Waals surface area contributed by atoms with E-state index in [2.05, 4.69) is 0 Å². The molecular formula is C14H15F2NO3. The fourth-order valence-corrected chi connectivity index (χ4v) is 2.20. The number of fused-ring (bicyclic) bond motifs is 1. The molecule has 0 unspecified atom stereocenters. The van der Waals surface area contributed by atoms with Gasteiger partial charge in [0.05, 0.1) is 23.3 Å². The van der Waals surface area contributed by atoms with Gasteiger partial charge in [0.1, 0.15) is 0 Å². The minimum Gasteiger partial charge on any atom is -0.388 e. The molecule has 1 aliphatic rings. The molecule has 0 aromatic heterocycles. The van der Waals surface area contributed by atoms with Crippen molar-refractivity contribution in [2.45, 2.75) is 32.3 Å². The van der Waals surface area contributed by atoms with E-state index in [0.717, 1.165) is 17.0 Å². The monoisotopic (exact) mass is 283 g/mol. The predicted molar refractivity (Wildman–Crippen MR) is 67.3 cm³/mol. The zero-order valence-electron chi connectivity index (χ0n) is 11.2. The Kier molecular flexibility index (Phi) is 3.60. The predicted octanol–water partition coefficient (Wildman–Crippen LogP) is 2.11. The summed E-state index contributed by atoms with van der Waals surface area (Å²) in [5.74, 6) is -3.76. The number of rotatable bonds is 4. The Bertz CT molecular complexity index is 541. The van der Waals surface area contributed by atoms with Gasteiger partial charge < -0.3 is 5.11 Å². The van der Waals surface area contributed by atoms with Gasteiger partial charge in [0, 0.05) is 0 Å². The lowest BCUT2D eigenvalue weighted by molar-refractivity contribution is 0.00242. The van der Waals surface area contributed by atoms with E-state index in [4.69, 9.17) is 0 Å². The Morgan fingerprint density at radius 2 is 1.45 bits per heavy atom. The quantitative estimate of drug-likeness (QED) is 0.861. The van der Waals surface area contributed by atoms with E-state index in [-0.39, 0.29) is 17.7 Å². The van der Waals surface area contributed by atoms with Gasteiger partial charge in [0.2, 0.25) is 0 Å². The summed E-state index contributed by atoms with van der Waals surface area (Å²) in [6.07, 6.45) is 0.721. The average Bonchev–Trinajstić information content (AvgIpc) is 2.65. The lowest BCUT2D eigenvalue weighted by Crippen LogP contribution is -2.44. The van der Waals surface area contributed by atoms with Crippen LogP contribution in [0.2, 0.25) is 0 Å². The molecule has 1 aliphatic heterocycles. The third-order valence-corrected chi connectivity index (χ3v) is 3.78. The molecule has 1 heterocycles. The van der Waals surface area contributed by atoms with E-state index >= 15 is 0 Å². The first-order valence-electron chi connectivity index (χ1n) is 6.40. The van der Waals surface area contributed by atoms with Crippen LogP contribution < -0.4 is 0 Å². The smallest absolute Gasteiger partial charge is 0.261 e. The summed E-state index contributed by atoms with van der Waals surface area (Å²) < 4.78 is 26.3. The van der Waals surface area contributed by atoms with Crippen LogP contribution in [0.3, 0.4) is 0 Å². The third-order valence-electron chi connectivity index (χ3n) is 3.78. The third kappa shape index (κ3) is 2.20. The number of β-amino-alcohol motifs (C(OH)–C–C–N with tert-alkyl or cyclic N) is 1. The maximum atomic E-state index is 13.2. The number of nitrogens with zero attached hydrogens (tertiary/aromatic N) is 1. The Balaban J connectivity index is 2.38. The summed E-state index contributed by atoms with van der Waals surface area (Å²) in [5, 5.41) is 10.2. The molecule has 2 rings (SSSR count). The molecule has 20 heavy (non-hydrogen) atoms. The number of carbonyl (C=O) groups excluding carboxylic acids is 2. The van der Waals surface area contributed by atoms with Crippen molar-refractivity contribution < 1.29 is 23.5 Å². The van der Waals surface area contributed by atoms with Gasteiger partial charge in [-0.05, 0) is 25.0 Å². The highest BCUT2D eigenvalue weighted by atomic mass is 19.2. The highest BCUT2D eigenvalue weighted by Crippen LogP contribution is 2.28. The number of carbonyl (C=O) groups is 2. The fraction of sp³-hybridized carbons (Fsp3) is 0.429. The first-order chi connectivity index (χ1) is 9.33. The first-order valence-corrected chi connectivity index (χ1v) is 6.40. The summed E-state index contributed by atoms with van der Waals surface area (Å²) >= 11 is 0. The molecule has 108 valence electrons. The van der Waals surface area contributed by atoms with Gasteiger partial charge >= 0.3 is 0 Å². The van der Waals surface area contributed by atoms with E-state index in [1.165, 1.54) is 0 Å². The average molecular weight is 283 g/mol. The fourth-order valence-electron chi connectivity index (χ4n) is 2.20. The topological polar surface area (TPSA) is 57.6 Å². The highest BCUT2D eigenvalue weighted by molar-refractivity contribution is 6.21. The Labute approximate surface area is 115 Å². The van der Waals surface area contributed by atoms with Gasteiger partial charge in [-0.25, -0.2) is 8.78 Å². The van der Waals surface area contributed by atoms with Gasteiger partial charge in [-0.1, -0.05) is 13.8 Å². The second-order valence-corrected chi connectivity index (χ2v) is 4.94. The second-order valence-electron chi connectivity index (χ2n) is 4.94. The van der Waals surface area contributed by atoms with Crippen LogP contribution in [-0.4, -0.2) is 34.0 Å². The SMILES string of the molecule is CCC(O)(CC)CN1C(=O)c2cc(F)c(F)cc2C1=O. The number of aliphatic hydroxyl groups is 1. The summed E-state index contributed by atoms with van der Waals surface area (Å²) in [7, 11) is 0. The lowest BCUT2D eigenvalue weighted by Gasteiger charge is -2.29. The molecule has 1 aromatic rings. The van der Waals surface area contributed by atoms with Gasteiger partial charge in [-0.2, -0.15) is 0 Å². The molecule has 0 aliphatic carbocycles. The molecule has 0 saturated carbocycles. The molecule has 0 saturated heterocycles. The van der Waals surface area contributed by atoms with Crippen LogP contribution in [0.15, 0.2) is 12.1 Å². The molecular weight excluding hydrogens is 268 g/mol. The maximum Gasteiger partial charge on any atom is 0.261 e. The minimum atomic E-state index is -1.19. The van der Waals surface area contributed by atoms with Crippen molar-refractivity contribution in [2.75, 3.05) is 6.54 Å². The first kappa shape index (κ1) is 14.6. The molecule has 0 spiro atoms. The van der Waals surface area contributed by atoms with Crippen LogP contribution in [0.4, 0.5) is 8.78 Å². The van der Waals surface area contributed by atoms with E-state index in [1.807, 2.05) is 0 Å². The van der Waals surface area contributed by atoms with Crippen molar-refractivity contribution in [3.63, 3.8) is 0 Å². The Hall–Kier alpha value is -1.82. The van der Waals surface area contributed by atoms with Crippen LogP contribution in [0.1, 0.15) is 47.4 Å². The van der Waals surface area contributed by atoms with Crippen molar-refractivity contribution in [2.24, 2.45) is 0 Å². The molecule has 0 fully saturated rings. The van der Waals surface area contributed by atoms with E-state index < -0.39 is 29.0 Å². The van der Waals surface area contributed by atoms with E-state index in [9.17, 15) is 23.5 Å². The number of benzene rings is 1. The van der Waals surface area contributed by atoms with Crippen molar-refractivity contribution in [1.29, 1.82) is 0 Å². The van der Waals surface area contributed by atoms with Crippen LogP contribution in [0.5, 0.6) is 0 Å². The van der Waals surface area contributed by atoms with Crippen molar-refractivity contribution in [3.8, 4) is 0 Å². The Morgan fingerprint density at radius 1 is 1.05 bits per heavy atom. The van der Waals surface area contributed by atoms with Gasteiger partial charge in [0.25, 0.3) is 11.8 Å². The number of halogens is 2. The van der Waals surface area contributed by atoms with Crippen molar-refractivity contribution in [3.05, 3.63) is 34.9 Å². The second kappa shape index (κ2) is 4.94. The lowest BCUT2D eigenvalue weighted by atomic mass is 9.97. The molecule has 2 amide bonds. The number of amides is 2. The normalized spacial score (nSPS) is 14.9. The maximum absolute atomic E-state index is 13.2. The van der Waals surface area contributed by atoms with Gasteiger partial charge in [-0.15, -0.1) is 0 Å². The molecule has 0 radical (unpaired) electrons. The van der Waals surface area contributed by atoms with E-state index in [0.29, 0.717) is 12.8 Å². The summed E-state index contributed by atoms with van der Waals surface area (Å²) in [5.41, 5.74) is -1.52. The van der Waals surface area contributed by atoms with Gasteiger partial charge in [0.15, 0.2) is 11.6 Å². The number of imide groups is 1.